The number of carbonyl (C=O) groups is 1. The topological polar surface area (TPSA) is 88.8 Å². The average molecular weight is 445 g/mol. The minimum Gasteiger partial charge on any atom is -0.364 e. The summed E-state index contributed by atoms with van der Waals surface area (Å²) in [6, 6.07) is 5.20. The molecule has 0 saturated heterocycles. The summed E-state index contributed by atoms with van der Waals surface area (Å²) in [6.45, 7) is 1.43. The molecule has 9 heteroatoms. The number of amides is 1. The number of hydrogen-bond acceptors (Lipinski definition) is 3. The highest BCUT2D eigenvalue weighted by molar-refractivity contribution is 6.03. The van der Waals surface area contributed by atoms with Gasteiger partial charge in [0.05, 0.1) is 10.9 Å². The number of carbonyl (C=O) groups excluding carboxylic acids is 1. The number of fused-ring (bicyclic) bond motifs is 2. The molecule has 32 heavy (non-hydrogen) atoms. The van der Waals surface area contributed by atoms with Crippen molar-refractivity contribution in [2.24, 2.45) is 17.6 Å². The molecule has 2 aliphatic carbocycles. The fourth-order valence-electron chi connectivity index (χ4n) is 5.34. The summed E-state index contributed by atoms with van der Waals surface area (Å²) in [7, 11) is 0. The first-order valence-electron chi connectivity index (χ1n) is 10.2. The van der Waals surface area contributed by atoms with Crippen LogP contribution in [-0.4, -0.2) is 21.8 Å². The summed E-state index contributed by atoms with van der Waals surface area (Å²) in [5, 5.41) is 0.0229. The summed E-state index contributed by atoms with van der Waals surface area (Å²) < 4.78 is 56.7. The van der Waals surface area contributed by atoms with Crippen molar-refractivity contribution < 1.29 is 22.4 Å². The second-order valence-electron chi connectivity index (χ2n) is 8.68. The molecule has 2 heterocycles. The highest BCUT2D eigenvalue weighted by Crippen LogP contribution is 2.67. The standard InChI is InChI=1S/C23H19F4N3O2/c1-9-10(2-3-15(24)20(9)25)11-6-13-14(23(13,26)27)7-12(11)17-8-18(31)19-16(30-17)4-5-29-21(19)22(28)32/h2-5,8,11-14H,6-7H2,1H3,(H2,28,32)(H,30,31)/t11-,12?,13?,14?/m0/s1. The Labute approximate surface area is 179 Å². The number of pyridine rings is 2. The highest BCUT2D eigenvalue weighted by atomic mass is 19.3. The maximum Gasteiger partial charge on any atom is 0.268 e. The van der Waals surface area contributed by atoms with Crippen LogP contribution in [0.15, 0.2) is 35.3 Å². The number of aromatic amines is 1. The van der Waals surface area contributed by atoms with Crippen LogP contribution in [0, 0.1) is 30.4 Å². The monoisotopic (exact) mass is 445 g/mol. The summed E-state index contributed by atoms with van der Waals surface area (Å²) in [4.78, 5) is 31.5. The Morgan fingerprint density at radius 2 is 1.84 bits per heavy atom. The summed E-state index contributed by atoms with van der Waals surface area (Å²) >= 11 is 0. The number of nitrogens with two attached hydrogens (primary N) is 1. The second-order valence-corrected chi connectivity index (χ2v) is 8.68. The Balaban J connectivity index is 1.66. The predicted molar refractivity (Wildman–Crippen MR) is 109 cm³/mol. The number of alkyl halides is 2. The van der Waals surface area contributed by atoms with Gasteiger partial charge in [-0.15, -0.1) is 0 Å². The van der Waals surface area contributed by atoms with Crippen LogP contribution in [0.5, 0.6) is 0 Å². The molecule has 0 spiro atoms. The van der Waals surface area contributed by atoms with E-state index in [1.165, 1.54) is 31.3 Å². The molecule has 3 unspecified atom stereocenters. The van der Waals surface area contributed by atoms with Crippen LogP contribution >= 0.6 is 0 Å². The van der Waals surface area contributed by atoms with Gasteiger partial charge in [0.2, 0.25) is 0 Å². The molecule has 0 aliphatic heterocycles. The molecule has 2 aromatic heterocycles. The van der Waals surface area contributed by atoms with Crippen LogP contribution in [0.4, 0.5) is 17.6 Å². The van der Waals surface area contributed by atoms with Crippen LogP contribution in [0.3, 0.4) is 0 Å². The number of primary amides is 1. The van der Waals surface area contributed by atoms with E-state index in [1.807, 2.05) is 0 Å². The van der Waals surface area contributed by atoms with Crippen molar-refractivity contribution in [1.82, 2.24) is 9.97 Å². The van der Waals surface area contributed by atoms with Gasteiger partial charge in [-0.25, -0.2) is 17.6 Å². The average Bonchev–Trinajstić information content (AvgIpc) is 3.30. The molecule has 2 aliphatic rings. The molecule has 3 N–H and O–H groups in total. The van der Waals surface area contributed by atoms with Crippen molar-refractivity contribution in [3.8, 4) is 0 Å². The van der Waals surface area contributed by atoms with E-state index >= 15 is 0 Å². The van der Waals surface area contributed by atoms with Gasteiger partial charge in [0, 0.05) is 35.7 Å². The number of nitrogens with one attached hydrogen (secondary N) is 1. The molecule has 3 aromatic rings. The van der Waals surface area contributed by atoms with Gasteiger partial charge in [0.15, 0.2) is 17.1 Å². The molecule has 1 aromatic carbocycles. The van der Waals surface area contributed by atoms with Gasteiger partial charge < -0.3 is 10.7 Å². The van der Waals surface area contributed by atoms with E-state index < -0.39 is 52.6 Å². The van der Waals surface area contributed by atoms with Gasteiger partial charge in [-0.3, -0.25) is 14.6 Å². The maximum absolute atomic E-state index is 14.3. The number of rotatable bonds is 3. The van der Waals surface area contributed by atoms with Gasteiger partial charge >= 0.3 is 0 Å². The Morgan fingerprint density at radius 3 is 2.53 bits per heavy atom. The molecule has 5 rings (SSSR count). The van der Waals surface area contributed by atoms with Crippen LogP contribution in [0.2, 0.25) is 0 Å². The Bertz CT molecular complexity index is 1340. The molecular weight excluding hydrogens is 426 g/mol. The first kappa shape index (κ1) is 20.7. The zero-order valence-electron chi connectivity index (χ0n) is 17.0. The normalized spacial score (nSPS) is 26.0. The fourth-order valence-corrected chi connectivity index (χ4v) is 5.34. The fraction of sp³-hybridized carbons (Fsp3) is 0.348. The first-order valence-corrected chi connectivity index (χ1v) is 10.2. The lowest BCUT2D eigenvalue weighted by Gasteiger charge is -2.32. The van der Waals surface area contributed by atoms with Crippen molar-refractivity contribution in [2.45, 2.75) is 37.5 Å². The molecule has 5 nitrogen and oxygen atoms in total. The summed E-state index contributed by atoms with van der Waals surface area (Å²) in [5.41, 5.74) is 5.86. The van der Waals surface area contributed by atoms with E-state index in [4.69, 9.17) is 5.73 Å². The quantitative estimate of drug-likeness (QED) is 0.594. The van der Waals surface area contributed by atoms with Crippen molar-refractivity contribution in [3.63, 3.8) is 0 Å². The largest absolute Gasteiger partial charge is 0.364 e. The van der Waals surface area contributed by atoms with Gasteiger partial charge in [0.25, 0.3) is 11.8 Å². The van der Waals surface area contributed by atoms with E-state index in [-0.39, 0.29) is 29.5 Å². The van der Waals surface area contributed by atoms with E-state index in [9.17, 15) is 27.2 Å². The first-order chi connectivity index (χ1) is 15.1. The number of halogens is 4. The molecule has 0 radical (unpaired) electrons. The van der Waals surface area contributed by atoms with Crippen LogP contribution in [0.25, 0.3) is 10.9 Å². The molecule has 2 saturated carbocycles. The highest BCUT2D eigenvalue weighted by Gasteiger charge is 2.70. The zero-order chi connectivity index (χ0) is 22.9. The SMILES string of the molecule is Cc1c([C@@H]2CC3C(CC2c2cc(=O)c4c(C(N)=O)nccc4[nH]2)C3(F)F)ccc(F)c1F. The smallest absolute Gasteiger partial charge is 0.268 e. The van der Waals surface area contributed by atoms with Crippen molar-refractivity contribution >= 4 is 16.8 Å². The van der Waals surface area contributed by atoms with E-state index in [1.54, 1.807) is 0 Å². The second kappa shape index (κ2) is 6.88. The van der Waals surface area contributed by atoms with Gasteiger partial charge in [-0.05, 0) is 48.9 Å². The van der Waals surface area contributed by atoms with Crippen LogP contribution in [0.1, 0.15) is 52.0 Å². The molecule has 4 atom stereocenters. The lowest BCUT2D eigenvalue weighted by molar-refractivity contribution is 0.0845. The zero-order valence-corrected chi connectivity index (χ0v) is 17.0. The maximum atomic E-state index is 14.3. The Morgan fingerprint density at radius 1 is 1.16 bits per heavy atom. The van der Waals surface area contributed by atoms with Gasteiger partial charge in [-0.1, -0.05) is 6.07 Å². The third-order valence-electron chi connectivity index (χ3n) is 7.04. The van der Waals surface area contributed by atoms with Crippen LogP contribution < -0.4 is 11.2 Å². The Hall–Kier alpha value is -3.23. The number of nitrogens with zero attached hydrogens (tertiary/aromatic N) is 1. The lowest BCUT2D eigenvalue weighted by atomic mass is 9.72. The molecular formula is C23H19F4N3O2. The number of aromatic nitrogens is 2. The third kappa shape index (κ3) is 2.94. The minimum atomic E-state index is -2.82. The molecule has 0 bridgehead atoms. The molecule has 2 fully saturated rings. The van der Waals surface area contributed by atoms with Crippen molar-refractivity contribution in [2.75, 3.05) is 0 Å². The predicted octanol–water partition coefficient (Wildman–Crippen LogP) is 4.15. The van der Waals surface area contributed by atoms with Crippen molar-refractivity contribution in [1.29, 1.82) is 0 Å². The van der Waals surface area contributed by atoms with Crippen molar-refractivity contribution in [3.05, 3.63) is 74.8 Å². The lowest BCUT2D eigenvalue weighted by Crippen LogP contribution is -2.23. The van der Waals surface area contributed by atoms with Crippen LogP contribution in [-0.2, 0) is 0 Å². The number of benzene rings is 1. The molecule has 166 valence electrons. The van der Waals surface area contributed by atoms with E-state index in [0.717, 1.165) is 6.07 Å². The van der Waals surface area contributed by atoms with Gasteiger partial charge in [-0.2, -0.15) is 0 Å². The minimum absolute atomic E-state index is 0.0229. The molecule has 1 amide bonds. The number of H-pyrrole nitrogens is 1. The summed E-state index contributed by atoms with van der Waals surface area (Å²) in [6.07, 6.45) is 1.51. The van der Waals surface area contributed by atoms with Gasteiger partial charge in [0.1, 0.15) is 5.69 Å². The van der Waals surface area contributed by atoms with E-state index in [2.05, 4.69) is 9.97 Å². The van der Waals surface area contributed by atoms with E-state index in [0.29, 0.717) is 16.8 Å². The number of hydrogen-bond donors (Lipinski definition) is 2. The summed E-state index contributed by atoms with van der Waals surface area (Å²) in [5.74, 6) is -8.42. The Kier molecular flexibility index (Phi) is 4.44. The third-order valence-corrected chi connectivity index (χ3v) is 7.04.